The van der Waals surface area contributed by atoms with Gasteiger partial charge in [0.1, 0.15) is 6.10 Å². The number of aromatic hydroxyl groups is 1. The maximum Gasteiger partial charge on any atom is 0.161 e. The zero-order valence-corrected chi connectivity index (χ0v) is 7.60. The number of rotatable bonds is 2. The van der Waals surface area contributed by atoms with Gasteiger partial charge in [0, 0.05) is 13.1 Å². The molecule has 0 atom stereocenters. The van der Waals surface area contributed by atoms with E-state index in [-0.39, 0.29) is 11.9 Å². The van der Waals surface area contributed by atoms with Crippen molar-refractivity contribution in [2.75, 3.05) is 20.1 Å². The Labute approximate surface area is 77.6 Å². The highest BCUT2D eigenvalue weighted by Gasteiger charge is 2.25. The maximum absolute atomic E-state index is 9.41. The minimum atomic E-state index is 0.219. The van der Waals surface area contributed by atoms with Crippen LogP contribution < -0.4 is 4.74 Å². The Morgan fingerprint density at radius 1 is 1.38 bits per heavy atom. The van der Waals surface area contributed by atoms with E-state index in [1.165, 1.54) is 0 Å². The van der Waals surface area contributed by atoms with Crippen LogP contribution in [0.5, 0.6) is 11.5 Å². The number of phenolic OH excluding ortho intramolecular Hbond substituents is 1. The molecule has 70 valence electrons. The zero-order chi connectivity index (χ0) is 9.26. The molecule has 2 rings (SSSR count). The highest BCUT2D eigenvalue weighted by Crippen LogP contribution is 2.26. The van der Waals surface area contributed by atoms with Crippen molar-refractivity contribution < 1.29 is 9.84 Å². The van der Waals surface area contributed by atoms with Gasteiger partial charge in [0.15, 0.2) is 11.5 Å². The quantitative estimate of drug-likeness (QED) is 0.737. The van der Waals surface area contributed by atoms with Crippen molar-refractivity contribution in [2.45, 2.75) is 6.10 Å². The molecule has 0 aliphatic carbocycles. The van der Waals surface area contributed by atoms with Gasteiger partial charge in [-0.05, 0) is 19.2 Å². The molecule has 1 aliphatic heterocycles. The molecule has 13 heavy (non-hydrogen) atoms. The standard InChI is InChI=1S/C10H13NO2/c1-11-6-8(7-11)13-10-5-3-2-4-9(10)12/h2-5,8,12H,6-7H2,1H3. The number of likely N-dealkylation sites (tertiary alicyclic amines) is 1. The summed E-state index contributed by atoms with van der Waals surface area (Å²) in [4.78, 5) is 2.17. The van der Waals surface area contributed by atoms with Crippen LogP contribution in [0, 0.1) is 0 Å². The van der Waals surface area contributed by atoms with E-state index >= 15 is 0 Å². The van der Waals surface area contributed by atoms with E-state index < -0.39 is 0 Å². The van der Waals surface area contributed by atoms with Crippen molar-refractivity contribution in [1.29, 1.82) is 0 Å². The van der Waals surface area contributed by atoms with E-state index in [1.54, 1.807) is 18.2 Å². The molecule has 3 heteroatoms. The fourth-order valence-electron chi connectivity index (χ4n) is 1.45. The molecule has 1 aromatic carbocycles. The lowest BCUT2D eigenvalue weighted by Gasteiger charge is -2.36. The first-order valence-electron chi connectivity index (χ1n) is 4.39. The summed E-state index contributed by atoms with van der Waals surface area (Å²) in [5, 5.41) is 9.41. The molecule has 1 aliphatic rings. The van der Waals surface area contributed by atoms with Crippen LogP contribution in [0.4, 0.5) is 0 Å². The summed E-state index contributed by atoms with van der Waals surface area (Å²) in [5.74, 6) is 0.803. The molecule has 1 fully saturated rings. The normalized spacial score (nSPS) is 18.2. The molecule has 1 N–H and O–H groups in total. The highest BCUT2D eigenvalue weighted by molar-refractivity contribution is 5.38. The van der Waals surface area contributed by atoms with Crippen LogP contribution in [0.3, 0.4) is 0 Å². The predicted octanol–water partition coefficient (Wildman–Crippen LogP) is 1.08. The zero-order valence-electron chi connectivity index (χ0n) is 7.60. The molecule has 0 spiro atoms. The number of hydrogen-bond acceptors (Lipinski definition) is 3. The van der Waals surface area contributed by atoms with Crippen LogP contribution in [-0.2, 0) is 0 Å². The molecule has 0 amide bonds. The summed E-state index contributed by atoms with van der Waals surface area (Å²) >= 11 is 0. The van der Waals surface area contributed by atoms with E-state index in [4.69, 9.17) is 4.74 Å². The summed E-state index contributed by atoms with van der Waals surface area (Å²) in [7, 11) is 2.05. The topological polar surface area (TPSA) is 32.7 Å². The van der Waals surface area contributed by atoms with E-state index in [2.05, 4.69) is 4.90 Å². The van der Waals surface area contributed by atoms with Crippen molar-refractivity contribution in [3.8, 4) is 11.5 Å². The molecule has 0 radical (unpaired) electrons. The number of para-hydroxylation sites is 2. The van der Waals surface area contributed by atoms with Gasteiger partial charge in [-0.25, -0.2) is 0 Å². The Kier molecular flexibility index (Phi) is 2.10. The monoisotopic (exact) mass is 179 g/mol. The summed E-state index contributed by atoms with van der Waals surface area (Å²) in [6.07, 6.45) is 0.235. The van der Waals surface area contributed by atoms with Gasteiger partial charge in [-0.15, -0.1) is 0 Å². The van der Waals surface area contributed by atoms with Crippen LogP contribution in [0.2, 0.25) is 0 Å². The third-order valence-corrected chi connectivity index (χ3v) is 2.19. The third kappa shape index (κ3) is 1.75. The molecule has 0 saturated carbocycles. The largest absolute Gasteiger partial charge is 0.504 e. The summed E-state index contributed by atoms with van der Waals surface area (Å²) < 4.78 is 5.56. The number of phenols is 1. The first-order chi connectivity index (χ1) is 6.25. The Morgan fingerprint density at radius 2 is 2.08 bits per heavy atom. The van der Waals surface area contributed by atoms with Gasteiger partial charge in [-0.2, -0.15) is 0 Å². The average Bonchev–Trinajstić information content (AvgIpc) is 2.06. The van der Waals surface area contributed by atoms with Crippen molar-refractivity contribution in [1.82, 2.24) is 4.90 Å². The lowest BCUT2D eigenvalue weighted by Crippen LogP contribution is -2.51. The predicted molar refractivity (Wildman–Crippen MR) is 50.0 cm³/mol. The number of benzene rings is 1. The molecule has 1 heterocycles. The molecule has 0 unspecified atom stereocenters. The Balaban J connectivity index is 1.98. The Morgan fingerprint density at radius 3 is 2.69 bits per heavy atom. The minimum Gasteiger partial charge on any atom is -0.504 e. The molecule has 0 aromatic heterocycles. The van der Waals surface area contributed by atoms with Gasteiger partial charge in [-0.1, -0.05) is 12.1 Å². The van der Waals surface area contributed by atoms with Crippen molar-refractivity contribution in [3.63, 3.8) is 0 Å². The first-order valence-corrected chi connectivity index (χ1v) is 4.39. The molecule has 1 saturated heterocycles. The van der Waals surface area contributed by atoms with Gasteiger partial charge in [0.2, 0.25) is 0 Å². The van der Waals surface area contributed by atoms with Crippen molar-refractivity contribution >= 4 is 0 Å². The summed E-state index contributed by atoms with van der Waals surface area (Å²) in [6.45, 7) is 1.88. The van der Waals surface area contributed by atoms with Crippen LogP contribution in [0.15, 0.2) is 24.3 Å². The van der Waals surface area contributed by atoms with Crippen LogP contribution in [0.25, 0.3) is 0 Å². The maximum atomic E-state index is 9.41. The van der Waals surface area contributed by atoms with Crippen molar-refractivity contribution in [2.24, 2.45) is 0 Å². The second-order valence-electron chi connectivity index (χ2n) is 3.43. The van der Waals surface area contributed by atoms with Gasteiger partial charge >= 0.3 is 0 Å². The SMILES string of the molecule is CN1CC(Oc2ccccc2O)C1. The Bertz CT molecular complexity index is 295. The number of hydrogen-bond donors (Lipinski definition) is 1. The smallest absolute Gasteiger partial charge is 0.161 e. The van der Waals surface area contributed by atoms with E-state index in [0.29, 0.717) is 5.75 Å². The summed E-state index contributed by atoms with van der Waals surface area (Å²) in [6, 6.07) is 7.07. The molecule has 1 aromatic rings. The van der Waals surface area contributed by atoms with Crippen LogP contribution in [0.1, 0.15) is 0 Å². The molecular formula is C10H13NO2. The number of likely N-dealkylation sites (N-methyl/N-ethyl adjacent to an activating group) is 1. The Hall–Kier alpha value is -1.22. The fourth-order valence-corrected chi connectivity index (χ4v) is 1.45. The first kappa shape index (κ1) is 8.38. The van der Waals surface area contributed by atoms with Crippen LogP contribution in [-0.4, -0.2) is 36.2 Å². The molecule has 3 nitrogen and oxygen atoms in total. The van der Waals surface area contributed by atoms with E-state index in [0.717, 1.165) is 13.1 Å². The second kappa shape index (κ2) is 3.26. The summed E-state index contributed by atoms with van der Waals surface area (Å²) in [5.41, 5.74) is 0. The highest BCUT2D eigenvalue weighted by atomic mass is 16.5. The van der Waals surface area contributed by atoms with Crippen LogP contribution >= 0.6 is 0 Å². The lowest BCUT2D eigenvalue weighted by molar-refractivity contribution is 0.0370. The van der Waals surface area contributed by atoms with E-state index in [1.807, 2.05) is 13.1 Å². The molecule has 0 bridgehead atoms. The van der Waals surface area contributed by atoms with E-state index in [9.17, 15) is 5.11 Å². The van der Waals surface area contributed by atoms with Gasteiger partial charge in [0.25, 0.3) is 0 Å². The van der Waals surface area contributed by atoms with Gasteiger partial charge in [-0.3, -0.25) is 4.90 Å². The minimum absolute atomic E-state index is 0.219. The lowest BCUT2D eigenvalue weighted by atomic mass is 10.2. The second-order valence-corrected chi connectivity index (χ2v) is 3.43. The third-order valence-electron chi connectivity index (χ3n) is 2.19. The van der Waals surface area contributed by atoms with Crippen molar-refractivity contribution in [3.05, 3.63) is 24.3 Å². The van der Waals surface area contributed by atoms with Gasteiger partial charge in [0.05, 0.1) is 0 Å². The number of nitrogens with zero attached hydrogens (tertiary/aromatic N) is 1. The fraction of sp³-hybridized carbons (Fsp3) is 0.400. The average molecular weight is 179 g/mol. The molecular weight excluding hydrogens is 166 g/mol. The number of ether oxygens (including phenoxy) is 1. The van der Waals surface area contributed by atoms with Gasteiger partial charge < -0.3 is 9.84 Å².